The summed E-state index contributed by atoms with van der Waals surface area (Å²) < 4.78 is 5.12. The molecule has 4 rings (SSSR count). The highest BCUT2D eigenvalue weighted by atomic mass is 32.1. The Balaban J connectivity index is 1.71. The minimum Gasteiger partial charge on any atom is -0.497 e. The number of pyridine rings is 1. The number of hydrogen-bond donors (Lipinski definition) is 2. The zero-order valence-electron chi connectivity index (χ0n) is 14.4. The van der Waals surface area contributed by atoms with E-state index in [-0.39, 0.29) is 5.91 Å². The number of ether oxygens (including phenoxy) is 1. The molecule has 0 radical (unpaired) electrons. The van der Waals surface area contributed by atoms with Crippen molar-refractivity contribution in [1.82, 2.24) is 4.98 Å². The second-order valence-corrected chi connectivity index (χ2v) is 7.06. The van der Waals surface area contributed by atoms with Crippen LogP contribution >= 0.6 is 11.3 Å². The normalized spacial score (nSPS) is 11.0. The first-order valence-electron chi connectivity index (χ1n) is 8.10. The predicted molar refractivity (Wildman–Crippen MR) is 107 cm³/mol. The fourth-order valence-electron chi connectivity index (χ4n) is 2.85. The fraction of sp³-hybridized carbons (Fsp3) is 0.100. The van der Waals surface area contributed by atoms with Crippen molar-refractivity contribution in [1.29, 1.82) is 0 Å². The van der Waals surface area contributed by atoms with Crippen molar-refractivity contribution in [2.45, 2.75) is 6.92 Å². The lowest BCUT2D eigenvalue weighted by molar-refractivity contribution is 0.103. The number of rotatable bonds is 3. The number of nitrogens with one attached hydrogen (secondary N) is 1. The highest BCUT2D eigenvalue weighted by Crippen LogP contribution is 2.35. The molecule has 0 unspecified atom stereocenters. The van der Waals surface area contributed by atoms with Crippen molar-refractivity contribution in [3.63, 3.8) is 0 Å². The summed E-state index contributed by atoms with van der Waals surface area (Å²) in [6, 6.07) is 15.2. The molecule has 0 bridgehead atoms. The van der Waals surface area contributed by atoms with Gasteiger partial charge < -0.3 is 15.8 Å². The van der Waals surface area contributed by atoms with Crippen LogP contribution in [0.3, 0.4) is 0 Å². The third kappa shape index (κ3) is 2.84. The van der Waals surface area contributed by atoms with Crippen LogP contribution in [0.25, 0.3) is 21.1 Å². The Morgan fingerprint density at radius 3 is 2.65 bits per heavy atom. The van der Waals surface area contributed by atoms with E-state index >= 15 is 0 Å². The molecular formula is C20H17N3O2S. The fourth-order valence-corrected chi connectivity index (χ4v) is 3.83. The number of carbonyl (C=O) groups excluding carboxylic acids is 1. The first-order valence-corrected chi connectivity index (χ1v) is 8.91. The Hall–Kier alpha value is -3.12. The summed E-state index contributed by atoms with van der Waals surface area (Å²) in [4.78, 5) is 18.6. The number of thiophene rings is 1. The molecule has 0 atom stereocenters. The lowest BCUT2D eigenvalue weighted by Crippen LogP contribution is -2.11. The average molecular weight is 363 g/mol. The predicted octanol–water partition coefficient (Wildman–Crippen LogP) is 4.60. The van der Waals surface area contributed by atoms with E-state index in [4.69, 9.17) is 10.5 Å². The number of nitrogens with zero attached hydrogens (tertiary/aromatic N) is 1. The van der Waals surface area contributed by atoms with Gasteiger partial charge in [0.2, 0.25) is 0 Å². The van der Waals surface area contributed by atoms with Crippen LogP contribution in [0.5, 0.6) is 5.75 Å². The van der Waals surface area contributed by atoms with Gasteiger partial charge in [-0.05, 0) is 49.4 Å². The maximum absolute atomic E-state index is 12.7. The van der Waals surface area contributed by atoms with Gasteiger partial charge in [-0.1, -0.05) is 11.6 Å². The summed E-state index contributed by atoms with van der Waals surface area (Å²) in [7, 11) is 1.60. The van der Waals surface area contributed by atoms with E-state index in [1.807, 2.05) is 25.1 Å². The molecule has 26 heavy (non-hydrogen) atoms. The van der Waals surface area contributed by atoms with Crippen molar-refractivity contribution in [2.24, 2.45) is 0 Å². The third-order valence-electron chi connectivity index (χ3n) is 4.22. The minimum absolute atomic E-state index is 0.240. The Bertz CT molecular complexity index is 1130. The van der Waals surface area contributed by atoms with Crippen LogP contribution in [0.2, 0.25) is 0 Å². The number of nitrogen functional groups attached to an aromatic ring is 1. The molecule has 0 saturated heterocycles. The number of fused-ring (bicyclic) bond motifs is 2. The minimum atomic E-state index is -0.240. The molecule has 0 aliphatic rings. The van der Waals surface area contributed by atoms with E-state index in [1.54, 1.807) is 31.4 Å². The number of nitrogens with two attached hydrogens (primary N) is 1. The molecular weight excluding hydrogens is 346 g/mol. The Labute approximate surface area is 154 Å². The third-order valence-corrected chi connectivity index (χ3v) is 5.34. The summed E-state index contributed by atoms with van der Waals surface area (Å²) in [6.07, 6.45) is 0. The zero-order valence-corrected chi connectivity index (χ0v) is 15.2. The van der Waals surface area contributed by atoms with E-state index in [0.29, 0.717) is 16.3 Å². The Morgan fingerprint density at radius 2 is 1.92 bits per heavy atom. The van der Waals surface area contributed by atoms with Crippen LogP contribution in [0.15, 0.2) is 48.5 Å². The van der Waals surface area contributed by atoms with Gasteiger partial charge in [0, 0.05) is 16.5 Å². The largest absolute Gasteiger partial charge is 0.497 e. The molecule has 2 aromatic heterocycles. The highest BCUT2D eigenvalue weighted by molar-refractivity contribution is 7.21. The maximum atomic E-state index is 12.7. The standard InChI is InChI=1S/C20H17N3O2S/c1-11-3-8-16-12(9-11)10-15-17(21)18(26-20(15)23-16)19(24)22-13-4-6-14(25-2)7-5-13/h3-10H,21H2,1-2H3,(H,22,24). The van der Waals surface area contributed by atoms with Gasteiger partial charge in [-0.25, -0.2) is 4.98 Å². The van der Waals surface area contributed by atoms with Crippen LogP contribution in [-0.2, 0) is 0 Å². The topological polar surface area (TPSA) is 77.2 Å². The Kier molecular flexibility index (Phi) is 3.97. The quantitative estimate of drug-likeness (QED) is 0.558. The van der Waals surface area contributed by atoms with E-state index < -0.39 is 0 Å². The molecule has 0 aliphatic heterocycles. The number of amides is 1. The van der Waals surface area contributed by atoms with Crippen LogP contribution in [0, 0.1) is 6.92 Å². The van der Waals surface area contributed by atoms with Crippen molar-refractivity contribution < 1.29 is 9.53 Å². The lowest BCUT2D eigenvalue weighted by atomic mass is 10.1. The Morgan fingerprint density at radius 1 is 1.15 bits per heavy atom. The van der Waals surface area contributed by atoms with Crippen molar-refractivity contribution in [2.75, 3.05) is 18.2 Å². The first kappa shape index (κ1) is 16.4. The molecule has 0 spiro atoms. The zero-order chi connectivity index (χ0) is 18.3. The number of methoxy groups -OCH3 is 1. The number of anilines is 2. The summed E-state index contributed by atoms with van der Waals surface area (Å²) in [6.45, 7) is 2.04. The highest BCUT2D eigenvalue weighted by Gasteiger charge is 2.18. The van der Waals surface area contributed by atoms with Crippen LogP contribution in [-0.4, -0.2) is 18.0 Å². The van der Waals surface area contributed by atoms with E-state index in [1.165, 1.54) is 11.3 Å². The van der Waals surface area contributed by atoms with E-state index in [0.717, 1.165) is 32.4 Å². The molecule has 0 fully saturated rings. The number of aryl methyl sites for hydroxylation is 1. The first-order chi connectivity index (χ1) is 12.5. The van der Waals surface area contributed by atoms with E-state index in [2.05, 4.69) is 16.4 Å². The van der Waals surface area contributed by atoms with Crippen LogP contribution in [0.4, 0.5) is 11.4 Å². The van der Waals surface area contributed by atoms with E-state index in [9.17, 15) is 4.79 Å². The van der Waals surface area contributed by atoms with Gasteiger partial charge in [-0.2, -0.15) is 0 Å². The summed E-state index contributed by atoms with van der Waals surface area (Å²) in [5.41, 5.74) is 9.46. The molecule has 3 N–H and O–H groups in total. The van der Waals surface area contributed by atoms with Gasteiger partial charge in [0.1, 0.15) is 15.5 Å². The van der Waals surface area contributed by atoms with Gasteiger partial charge in [-0.3, -0.25) is 4.79 Å². The van der Waals surface area contributed by atoms with Gasteiger partial charge in [-0.15, -0.1) is 11.3 Å². The van der Waals surface area contributed by atoms with Crippen molar-refractivity contribution >= 4 is 49.7 Å². The van der Waals surface area contributed by atoms with Crippen molar-refractivity contribution in [3.8, 4) is 5.75 Å². The van der Waals surface area contributed by atoms with Gasteiger partial charge >= 0.3 is 0 Å². The lowest BCUT2D eigenvalue weighted by Gasteiger charge is -2.05. The summed E-state index contributed by atoms with van der Waals surface area (Å²) in [5, 5.41) is 4.70. The molecule has 2 heterocycles. The molecule has 0 aliphatic carbocycles. The summed E-state index contributed by atoms with van der Waals surface area (Å²) >= 11 is 1.31. The van der Waals surface area contributed by atoms with Crippen molar-refractivity contribution in [3.05, 3.63) is 59.0 Å². The number of carbonyl (C=O) groups is 1. The molecule has 5 nitrogen and oxygen atoms in total. The molecule has 1 amide bonds. The second kappa shape index (κ2) is 6.31. The molecule has 0 saturated carbocycles. The summed E-state index contributed by atoms with van der Waals surface area (Å²) in [5.74, 6) is 0.492. The smallest absolute Gasteiger partial charge is 0.267 e. The molecule has 6 heteroatoms. The van der Waals surface area contributed by atoms with Crippen LogP contribution in [0.1, 0.15) is 15.2 Å². The monoisotopic (exact) mass is 363 g/mol. The number of aromatic nitrogens is 1. The number of benzene rings is 2. The second-order valence-electron chi connectivity index (χ2n) is 6.06. The molecule has 2 aromatic carbocycles. The van der Waals surface area contributed by atoms with Gasteiger partial charge in [0.15, 0.2) is 0 Å². The number of hydrogen-bond acceptors (Lipinski definition) is 5. The van der Waals surface area contributed by atoms with Gasteiger partial charge in [0.05, 0.1) is 18.3 Å². The van der Waals surface area contributed by atoms with Gasteiger partial charge in [0.25, 0.3) is 5.91 Å². The SMILES string of the molecule is COc1ccc(NC(=O)c2sc3nc4ccc(C)cc4cc3c2N)cc1. The maximum Gasteiger partial charge on any atom is 0.267 e. The average Bonchev–Trinajstić information content (AvgIpc) is 2.96. The molecule has 4 aromatic rings. The molecule has 130 valence electrons. The van der Waals surface area contributed by atoms with Crippen LogP contribution < -0.4 is 15.8 Å².